The Morgan fingerprint density at radius 1 is 1.16 bits per heavy atom. The van der Waals surface area contributed by atoms with E-state index >= 15 is 0 Å². The summed E-state index contributed by atoms with van der Waals surface area (Å²) in [6.07, 6.45) is 3.89. The Kier molecular flexibility index (Phi) is 2.52. The van der Waals surface area contributed by atoms with Crippen LogP contribution < -0.4 is 14.8 Å². The first-order valence-corrected chi connectivity index (χ1v) is 7.45. The lowest BCUT2D eigenvalue weighted by atomic mass is 9.88. The number of hydrogen-bond donors (Lipinski definition) is 1. The first-order chi connectivity index (χ1) is 9.22. The van der Waals surface area contributed by atoms with Crippen LogP contribution in [0.1, 0.15) is 42.9 Å². The number of fused-ring (bicyclic) bond motifs is 2. The van der Waals surface area contributed by atoms with Gasteiger partial charge in [0, 0.05) is 42.0 Å². The first-order valence-electron chi connectivity index (χ1n) is 7.45. The highest BCUT2D eigenvalue weighted by molar-refractivity contribution is 5.59. The van der Waals surface area contributed by atoms with Crippen LogP contribution in [0.4, 0.5) is 0 Å². The molecule has 0 radical (unpaired) electrons. The van der Waals surface area contributed by atoms with Crippen LogP contribution in [-0.4, -0.2) is 25.3 Å². The van der Waals surface area contributed by atoms with Crippen molar-refractivity contribution in [2.75, 3.05) is 13.1 Å². The lowest BCUT2D eigenvalue weighted by Gasteiger charge is -2.18. The van der Waals surface area contributed by atoms with Gasteiger partial charge in [-0.05, 0) is 32.9 Å². The van der Waals surface area contributed by atoms with E-state index in [1.807, 2.05) is 0 Å². The molecule has 1 aromatic rings. The van der Waals surface area contributed by atoms with E-state index in [2.05, 4.69) is 25.2 Å². The molecule has 3 atom stereocenters. The smallest absolute Gasteiger partial charge is 0.127 e. The third-order valence-corrected chi connectivity index (χ3v) is 4.58. The minimum atomic E-state index is 0.308. The summed E-state index contributed by atoms with van der Waals surface area (Å²) >= 11 is 0. The number of rotatable bonds is 1. The largest absolute Gasteiger partial charge is 0.490 e. The maximum atomic E-state index is 6.13. The van der Waals surface area contributed by atoms with Crippen molar-refractivity contribution < 1.29 is 9.47 Å². The Labute approximate surface area is 114 Å². The van der Waals surface area contributed by atoms with Crippen molar-refractivity contribution in [2.24, 2.45) is 0 Å². The van der Waals surface area contributed by atoms with Gasteiger partial charge in [-0.1, -0.05) is 0 Å². The van der Waals surface area contributed by atoms with Crippen LogP contribution in [0.2, 0.25) is 0 Å². The summed E-state index contributed by atoms with van der Waals surface area (Å²) in [6.45, 7) is 6.51. The van der Waals surface area contributed by atoms with Gasteiger partial charge in [0.2, 0.25) is 0 Å². The Hall–Kier alpha value is -1.22. The van der Waals surface area contributed by atoms with Gasteiger partial charge < -0.3 is 14.8 Å². The molecular formula is C16H21NO2. The molecule has 3 aliphatic heterocycles. The molecule has 3 nitrogen and oxygen atoms in total. The van der Waals surface area contributed by atoms with Gasteiger partial charge in [-0.15, -0.1) is 0 Å². The first kappa shape index (κ1) is 11.6. The molecule has 0 aromatic heterocycles. The molecule has 1 aromatic carbocycles. The fourth-order valence-corrected chi connectivity index (χ4v) is 3.79. The van der Waals surface area contributed by atoms with Gasteiger partial charge in [-0.3, -0.25) is 0 Å². The summed E-state index contributed by atoms with van der Waals surface area (Å²) in [5.74, 6) is 2.89. The lowest BCUT2D eigenvalue weighted by Crippen LogP contribution is -2.12. The summed E-state index contributed by atoms with van der Waals surface area (Å²) in [5.41, 5.74) is 4.21. The van der Waals surface area contributed by atoms with Crippen LogP contribution in [0.5, 0.6) is 11.5 Å². The van der Waals surface area contributed by atoms with Gasteiger partial charge in [0.05, 0.1) is 0 Å². The topological polar surface area (TPSA) is 30.5 Å². The minimum Gasteiger partial charge on any atom is -0.490 e. The maximum Gasteiger partial charge on any atom is 0.127 e. The predicted molar refractivity (Wildman–Crippen MR) is 74.3 cm³/mol. The van der Waals surface area contributed by atoms with Gasteiger partial charge >= 0.3 is 0 Å². The molecular weight excluding hydrogens is 238 g/mol. The molecule has 3 aliphatic rings. The molecule has 1 fully saturated rings. The Balaban J connectivity index is 1.87. The number of nitrogens with one attached hydrogen (secondary N) is 1. The van der Waals surface area contributed by atoms with Gasteiger partial charge in [0.1, 0.15) is 23.7 Å². The third-order valence-electron chi connectivity index (χ3n) is 4.58. The van der Waals surface area contributed by atoms with Crippen molar-refractivity contribution in [1.29, 1.82) is 0 Å². The van der Waals surface area contributed by atoms with Crippen molar-refractivity contribution in [3.8, 4) is 11.5 Å². The van der Waals surface area contributed by atoms with Gasteiger partial charge in [-0.2, -0.15) is 0 Å². The van der Waals surface area contributed by atoms with Crippen molar-refractivity contribution in [1.82, 2.24) is 5.32 Å². The zero-order valence-corrected chi connectivity index (χ0v) is 11.7. The molecule has 0 amide bonds. The van der Waals surface area contributed by atoms with Crippen LogP contribution in [0.15, 0.2) is 6.07 Å². The van der Waals surface area contributed by atoms with Crippen molar-refractivity contribution in [3.05, 3.63) is 22.8 Å². The highest BCUT2D eigenvalue weighted by Crippen LogP contribution is 2.47. The second-order valence-electron chi connectivity index (χ2n) is 6.21. The molecule has 0 bridgehead atoms. The van der Waals surface area contributed by atoms with Crippen molar-refractivity contribution in [2.45, 2.75) is 51.2 Å². The van der Waals surface area contributed by atoms with Gasteiger partial charge in [0.25, 0.3) is 0 Å². The van der Waals surface area contributed by atoms with E-state index in [1.54, 1.807) is 0 Å². The summed E-state index contributed by atoms with van der Waals surface area (Å²) in [7, 11) is 0. The molecule has 3 heteroatoms. The van der Waals surface area contributed by atoms with Crippen LogP contribution in [0.3, 0.4) is 0 Å². The number of hydrogen-bond acceptors (Lipinski definition) is 3. The monoisotopic (exact) mass is 259 g/mol. The highest BCUT2D eigenvalue weighted by Gasteiger charge is 2.35. The van der Waals surface area contributed by atoms with Crippen LogP contribution in [0, 0.1) is 0 Å². The summed E-state index contributed by atoms with van der Waals surface area (Å²) < 4.78 is 12.1. The SMILES string of the molecule is CC1Cc2c(cc3c(c2C2CCNC2)OC(C)C3)O1. The highest BCUT2D eigenvalue weighted by atomic mass is 16.5. The molecule has 0 aliphatic carbocycles. The molecule has 1 saturated heterocycles. The van der Waals surface area contributed by atoms with E-state index in [9.17, 15) is 0 Å². The molecule has 0 saturated carbocycles. The van der Waals surface area contributed by atoms with Crippen LogP contribution in [-0.2, 0) is 12.8 Å². The second-order valence-corrected chi connectivity index (χ2v) is 6.21. The molecule has 102 valence electrons. The normalized spacial score (nSPS) is 31.8. The van der Waals surface area contributed by atoms with Crippen molar-refractivity contribution in [3.63, 3.8) is 0 Å². The van der Waals surface area contributed by atoms with E-state index in [4.69, 9.17) is 9.47 Å². The lowest BCUT2D eigenvalue weighted by molar-refractivity contribution is 0.251. The van der Waals surface area contributed by atoms with Crippen LogP contribution >= 0.6 is 0 Å². The maximum absolute atomic E-state index is 6.13. The predicted octanol–water partition coefficient (Wildman–Crippen LogP) is 2.41. The van der Waals surface area contributed by atoms with E-state index < -0.39 is 0 Å². The van der Waals surface area contributed by atoms with Crippen molar-refractivity contribution >= 4 is 0 Å². The van der Waals surface area contributed by atoms with E-state index in [0.29, 0.717) is 18.1 Å². The average Bonchev–Trinajstić information content (AvgIpc) is 3.03. The second kappa shape index (κ2) is 4.14. The molecule has 19 heavy (non-hydrogen) atoms. The third kappa shape index (κ3) is 1.75. The zero-order valence-electron chi connectivity index (χ0n) is 11.7. The quantitative estimate of drug-likeness (QED) is 0.840. The van der Waals surface area contributed by atoms with E-state index in [0.717, 1.165) is 31.7 Å². The fraction of sp³-hybridized carbons (Fsp3) is 0.625. The van der Waals surface area contributed by atoms with Crippen LogP contribution in [0.25, 0.3) is 0 Å². The van der Waals surface area contributed by atoms with Gasteiger partial charge in [0.15, 0.2) is 0 Å². The fourth-order valence-electron chi connectivity index (χ4n) is 3.79. The number of ether oxygens (including phenoxy) is 2. The minimum absolute atomic E-state index is 0.308. The standard InChI is InChI=1S/C16H21NO2/c1-9-5-12-7-14-13(6-10(2)18-14)15(16(12)19-9)11-3-4-17-8-11/h7,9-11,17H,3-6,8H2,1-2H3. The zero-order chi connectivity index (χ0) is 13.0. The molecule has 1 N–H and O–H groups in total. The summed E-state index contributed by atoms with van der Waals surface area (Å²) in [5, 5.41) is 3.48. The Morgan fingerprint density at radius 3 is 2.79 bits per heavy atom. The Morgan fingerprint density at radius 2 is 2.00 bits per heavy atom. The Bertz CT molecular complexity index is 484. The van der Waals surface area contributed by atoms with E-state index in [1.165, 1.54) is 28.9 Å². The molecule has 3 heterocycles. The van der Waals surface area contributed by atoms with E-state index in [-0.39, 0.29) is 0 Å². The summed E-state index contributed by atoms with van der Waals surface area (Å²) in [4.78, 5) is 0. The molecule has 3 unspecified atom stereocenters. The number of benzene rings is 1. The molecule has 0 spiro atoms. The van der Waals surface area contributed by atoms with Gasteiger partial charge in [-0.25, -0.2) is 0 Å². The molecule has 4 rings (SSSR count). The summed E-state index contributed by atoms with van der Waals surface area (Å²) in [6, 6.07) is 2.23. The average molecular weight is 259 g/mol.